The number of fused-ring (bicyclic) bond motifs is 8. The first kappa shape index (κ1) is 30.3. The third-order valence-corrected chi connectivity index (χ3v) is 10.4. The molecule has 3 aromatic heterocycles. The summed E-state index contributed by atoms with van der Waals surface area (Å²) in [6.07, 6.45) is 0. The van der Waals surface area contributed by atoms with Gasteiger partial charge in [-0.1, -0.05) is 146 Å². The summed E-state index contributed by atoms with van der Waals surface area (Å²) in [5.41, 5.74) is 10.5. The van der Waals surface area contributed by atoms with Crippen molar-refractivity contribution in [2.45, 2.75) is 0 Å². The van der Waals surface area contributed by atoms with E-state index in [1.54, 1.807) is 0 Å². The van der Waals surface area contributed by atoms with Crippen LogP contribution < -0.4 is 0 Å². The van der Waals surface area contributed by atoms with Crippen LogP contribution in [0.25, 0.3) is 111 Å². The van der Waals surface area contributed by atoms with E-state index in [1.165, 1.54) is 16.5 Å². The zero-order chi connectivity index (χ0) is 35.6. The van der Waals surface area contributed by atoms with E-state index in [-0.39, 0.29) is 0 Å². The van der Waals surface area contributed by atoms with Gasteiger partial charge in [-0.05, 0) is 58.0 Å². The van der Waals surface area contributed by atoms with Crippen LogP contribution in [0.4, 0.5) is 0 Å². The Balaban J connectivity index is 1.01. The van der Waals surface area contributed by atoms with E-state index < -0.39 is 0 Å². The van der Waals surface area contributed by atoms with Gasteiger partial charge in [0.1, 0.15) is 22.3 Å². The zero-order valence-corrected chi connectivity index (χ0v) is 28.9. The molecule has 54 heavy (non-hydrogen) atoms. The standard InChI is InChI=1S/C49H29N3O2/c1-3-12-31(13-4-1)41-29-42-37-27-26-34(28-44(37)54-46(42)38-18-8-7-16-35(38)41)30-22-24-33(25-23-30)48-50-47(32-14-5-2-6-15-32)51-49(52-48)40-20-11-19-39-36-17-9-10-21-43(36)53-45(39)40/h1-29H. The molecule has 3 heterocycles. The molecule has 0 bridgehead atoms. The van der Waals surface area contributed by atoms with E-state index in [0.29, 0.717) is 17.5 Å². The molecule has 0 aliphatic carbocycles. The van der Waals surface area contributed by atoms with E-state index in [9.17, 15) is 0 Å². The van der Waals surface area contributed by atoms with Crippen LogP contribution >= 0.6 is 0 Å². The van der Waals surface area contributed by atoms with Crippen molar-refractivity contribution in [1.82, 2.24) is 15.0 Å². The van der Waals surface area contributed by atoms with Crippen LogP contribution in [0.2, 0.25) is 0 Å². The van der Waals surface area contributed by atoms with Crippen molar-refractivity contribution >= 4 is 54.6 Å². The number of para-hydroxylation sites is 2. The average Bonchev–Trinajstić information content (AvgIpc) is 3.82. The number of benzene rings is 8. The highest BCUT2D eigenvalue weighted by Crippen LogP contribution is 2.41. The topological polar surface area (TPSA) is 65.0 Å². The highest BCUT2D eigenvalue weighted by Gasteiger charge is 2.19. The van der Waals surface area contributed by atoms with Gasteiger partial charge in [0.15, 0.2) is 17.5 Å². The Labute approximate surface area is 309 Å². The molecule has 0 aliphatic rings. The van der Waals surface area contributed by atoms with E-state index in [0.717, 1.165) is 77.1 Å². The van der Waals surface area contributed by atoms with Crippen LogP contribution in [-0.4, -0.2) is 15.0 Å². The van der Waals surface area contributed by atoms with Gasteiger partial charge >= 0.3 is 0 Å². The molecule has 0 unspecified atom stereocenters. The van der Waals surface area contributed by atoms with Crippen molar-refractivity contribution in [2.24, 2.45) is 0 Å². The Morgan fingerprint density at radius 1 is 0.278 bits per heavy atom. The fraction of sp³-hybridized carbons (Fsp3) is 0. The lowest BCUT2D eigenvalue weighted by molar-refractivity contribution is 0.669. The predicted molar refractivity (Wildman–Crippen MR) is 219 cm³/mol. The van der Waals surface area contributed by atoms with Crippen molar-refractivity contribution in [1.29, 1.82) is 0 Å². The third kappa shape index (κ3) is 4.90. The van der Waals surface area contributed by atoms with Crippen molar-refractivity contribution in [3.63, 3.8) is 0 Å². The molecule has 5 heteroatoms. The van der Waals surface area contributed by atoms with Crippen LogP contribution in [0.3, 0.4) is 0 Å². The summed E-state index contributed by atoms with van der Waals surface area (Å²) < 4.78 is 13.0. The number of furan rings is 2. The van der Waals surface area contributed by atoms with E-state index in [4.69, 9.17) is 23.8 Å². The largest absolute Gasteiger partial charge is 0.455 e. The second-order valence-corrected chi connectivity index (χ2v) is 13.6. The molecule has 0 N–H and O–H groups in total. The smallest absolute Gasteiger partial charge is 0.167 e. The van der Waals surface area contributed by atoms with Crippen LogP contribution in [0.15, 0.2) is 185 Å². The number of aromatic nitrogens is 3. The summed E-state index contributed by atoms with van der Waals surface area (Å²) in [6, 6.07) is 60.5. The van der Waals surface area contributed by atoms with Gasteiger partial charge in [0.25, 0.3) is 0 Å². The predicted octanol–water partition coefficient (Wildman–Crippen LogP) is 13.2. The van der Waals surface area contributed by atoms with Crippen LogP contribution in [-0.2, 0) is 0 Å². The molecule has 0 atom stereocenters. The summed E-state index contributed by atoms with van der Waals surface area (Å²) in [6.45, 7) is 0. The quantitative estimate of drug-likeness (QED) is 0.180. The highest BCUT2D eigenvalue weighted by atomic mass is 16.3. The zero-order valence-electron chi connectivity index (χ0n) is 28.9. The average molecular weight is 692 g/mol. The maximum atomic E-state index is 6.64. The van der Waals surface area contributed by atoms with Crippen molar-refractivity contribution in [2.75, 3.05) is 0 Å². The van der Waals surface area contributed by atoms with Gasteiger partial charge < -0.3 is 8.83 Å². The molecule has 0 spiro atoms. The Bertz CT molecular complexity index is 3200. The first-order valence-corrected chi connectivity index (χ1v) is 18.0. The fourth-order valence-corrected chi connectivity index (χ4v) is 7.71. The lowest BCUT2D eigenvalue weighted by Crippen LogP contribution is -2.00. The molecule has 11 aromatic rings. The van der Waals surface area contributed by atoms with E-state index in [2.05, 4.69) is 115 Å². The minimum absolute atomic E-state index is 0.561. The van der Waals surface area contributed by atoms with Gasteiger partial charge in [0, 0.05) is 38.1 Å². The molecule has 252 valence electrons. The molecular formula is C49H29N3O2. The molecule has 8 aromatic carbocycles. The van der Waals surface area contributed by atoms with Gasteiger partial charge in [-0.15, -0.1) is 0 Å². The minimum Gasteiger partial charge on any atom is -0.455 e. The fourth-order valence-electron chi connectivity index (χ4n) is 7.71. The summed E-state index contributed by atoms with van der Waals surface area (Å²) in [5, 5.41) is 6.59. The van der Waals surface area contributed by atoms with E-state index >= 15 is 0 Å². The lowest BCUT2D eigenvalue weighted by Gasteiger charge is -2.09. The lowest BCUT2D eigenvalue weighted by atomic mass is 9.95. The van der Waals surface area contributed by atoms with E-state index in [1.807, 2.05) is 60.7 Å². The summed E-state index contributed by atoms with van der Waals surface area (Å²) in [5.74, 6) is 1.75. The monoisotopic (exact) mass is 691 g/mol. The molecule has 0 amide bonds. The molecule has 5 nitrogen and oxygen atoms in total. The Morgan fingerprint density at radius 2 is 0.815 bits per heavy atom. The SMILES string of the molecule is c1ccc(-c2nc(-c3ccc(-c4ccc5c(c4)oc4c6ccccc6c(-c6ccccc6)cc54)cc3)nc(-c3cccc4c3oc3ccccc34)n2)cc1. The van der Waals surface area contributed by atoms with Crippen molar-refractivity contribution in [3.05, 3.63) is 176 Å². The molecular weight excluding hydrogens is 663 g/mol. The molecule has 11 rings (SSSR count). The Kier molecular flexibility index (Phi) is 6.79. The van der Waals surface area contributed by atoms with Crippen LogP contribution in [0, 0.1) is 0 Å². The molecule has 0 saturated heterocycles. The summed E-state index contributed by atoms with van der Waals surface area (Å²) in [7, 11) is 0. The first-order chi connectivity index (χ1) is 26.7. The molecule has 0 aliphatic heterocycles. The van der Waals surface area contributed by atoms with Crippen molar-refractivity contribution in [3.8, 4) is 56.4 Å². The van der Waals surface area contributed by atoms with Crippen LogP contribution in [0.1, 0.15) is 0 Å². The maximum Gasteiger partial charge on any atom is 0.167 e. The minimum atomic E-state index is 0.561. The number of hydrogen-bond acceptors (Lipinski definition) is 5. The van der Waals surface area contributed by atoms with Gasteiger partial charge in [0.05, 0.1) is 5.56 Å². The van der Waals surface area contributed by atoms with Gasteiger partial charge in [-0.3, -0.25) is 0 Å². The van der Waals surface area contributed by atoms with Gasteiger partial charge in [-0.25, -0.2) is 15.0 Å². The summed E-state index contributed by atoms with van der Waals surface area (Å²) >= 11 is 0. The highest BCUT2D eigenvalue weighted by molar-refractivity contribution is 6.19. The maximum absolute atomic E-state index is 6.64. The van der Waals surface area contributed by atoms with Gasteiger partial charge in [0.2, 0.25) is 0 Å². The van der Waals surface area contributed by atoms with Gasteiger partial charge in [-0.2, -0.15) is 0 Å². The molecule has 0 fully saturated rings. The Hall–Kier alpha value is -7.37. The second-order valence-electron chi connectivity index (χ2n) is 13.6. The number of rotatable bonds is 5. The second kappa shape index (κ2) is 12.1. The molecule has 0 radical (unpaired) electrons. The molecule has 0 saturated carbocycles. The third-order valence-electron chi connectivity index (χ3n) is 10.4. The first-order valence-electron chi connectivity index (χ1n) is 18.0. The van der Waals surface area contributed by atoms with Crippen molar-refractivity contribution < 1.29 is 8.83 Å². The number of hydrogen-bond donors (Lipinski definition) is 0. The summed E-state index contributed by atoms with van der Waals surface area (Å²) in [4.78, 5) is 15.0. The normalized spacial score (nSPS) is 11.7. The van der Waals surface area contributed by atoms with Crippen LogP contribution in [0.5, 0.6) is 0 Å². The number of nitrogens with zero attached hydrogens (tertiary/aromatic N) is 3. The Morgan fingerprint density at radius 3 is 1.59 bits per heavy atom.